The van der Waals surface area contributed by atoms with E-state index in [0.29, 0.717) is 36.4 Å². The van der Waals surface area contributed by atoms with Gasteiger partial charge in [-0.15, -0.1) is 0 Å². The van der Waals surface area contributed by atoms with E-state index in [2.05, 4.69) is 0 Å². The van der Waals surface area contributed by atoms with Crippen LogP contribution in [0, 0.1) is 23.5 Å². The number of alkyl halides is 6. The molecule has 0 N–H and O–H groups in total. The van der Waals surface area contributed by atoms with Crippen LogP contribution in [0.2, 0.25) is 0 Å². The second-order valence-corrected chi connectivity index (χ2v) is 13.6. The lowest BCUT2D eigenvalue weighted by Crippen LogP contribution is -2.54. The molecule has 210 valence electrons. The van der Waals surface area contributed by atoms with Gasteiger partial charge in [0, 0.05) is 5.92 Å². The largest absolute Gasteiger partial charge is 0.497 e. The van der Waals surface area contributed by atoms with Crippen LogP contribution in [-0.4, -0.2) is 34.7 Å². The van der Waals surface area contributed by atoms with Crippen LogP contribution in [-0.2, 0) is 30.6 Å². The predicted octanol–water partition coefficient (Wildman–Crippen LogP) is 5.79. The maximum Gasteiger partial charge on any atom is 0.497 e. The quantitative estimate of drug-likeness (QED) is 0.411. The molecule has 4 rings (SSSR count). The summed E-state index contributed by atoms with van der Waals surface area (Å²) in [5, 5.41) is 0. The van der Waals surface area contributed by atoms with Crippen LogP contribution in [0.4, 0.5) is 35.1 Å². The summed E-state index contributed by atoms with van der Waals surface area (Å²) in [5.74, 6) is -6.75. The van der Waals surface area contributed by atoms with Crippen LogP contribution in [0.25, 0.3) is 0 Å². The van der Waals surface area contributed by atoms with Crippen molar-refractivity contribution in [2.24, 2.45) is 11.8 Å². The van der Waals surface area contributed by atoms with Gasteiger partial charge in [-0.1, -0.05) is 6.42 Å². The van der Waals surface area contributed by atoms with Crippen molar-refractivity contribution in [2.75, 3.05) is 12.4 Å². The summed E-state index contributed by atoms with van der Waals surface area (Å²) in [6, 6.07) is 3.72. The highest BCUT2D eigenvalue weighted by Gasteiger charge is 2.61. The predicted molar refractivity (Wildman–Crippen MR) is 117 cm³/mol. The average molecular weight is 593 g/mol. The minimum atomic E-state index is -5.57. The van der Waals surface area contributed by atoms with Gasteiger partial charge >= 0.3 is 11.7 Å². The number of rotatable bonds is 5. The molecule has 38 heavy (non-hydrogen) atoms. The molecule has 1 saturated carbocycles. The standard InChI is InChI=1S/C23H20F8O5S2/c24-17-7-8-18(25)20-19(17)21(38(34,35)15-5-3-14(4-6-15)22(26,27)28)10-1-2-13(16(21)12-36-20)9-11-37(32,33)23(29,30)31/h3-8,13,16H,1-2,9-12H2/t13-,16-,21-/m0/s1. The van der Waals surface area contributed by atoms with Gasteiger partial charge in [-0.3, -0.25) is 0 Å². The summed E-state index contributed by atoms with van der Waals surface area (Å²) in [4.78, 5) is -0.643. The van der Waals surface area contributed by atoms with Crippen LogP contribution in [0.1, 0.15) is 36.8 Å². The van der Waals surface area contributed by atoms with E-state index in [9.17, 15) is 47.6 Å². The van der Waals surface area contributed by atoms with Crippen LogP contribution in [0.5, 0.6) is 5.75 Å². The molecule has 2 aromatic carbocycles. The summed E-state index contributed by atoms with van der Waals surface area (Å²) in [7, 11) is -10.4. The van der Waals surface area contributed by atoms with Gasteiger partial charge in [-0.05, 0) is 61.6 Å². The molecule has 0 radical (unpaired) electrons. The number of hydrogen-bond acceptors (Lipinski definition) is 5. The molecule has 0 saturated heterocycles. The zero-order valence-electron chi connectivity index (χ0n) is 19.2. The Morgan fingerprint density at radius 1 is 0.895 bits per heavy atom. The minimum absolute atomic E-state index is 0.0253. The summed E-state index contributed by atoms with van der Waals surface area (Å²) in [5.41, 5.74) is -7.42. The molecule has 0 spiro atoms. The first kappa shape index (κ1) is 28.6. The Balaban J connectivity index is 1.88. The molecule has 1 heterocycles. The Morgan fingerprint density at radius 2 is 1.50 bits per heavy atom. The van der Waals surface area contributed by atoms with E-state index in [1.54, 1.807) is 0 Å². The fourth-order valence-corrected chi connectivity index (χ4v) is 8.78. The van der Waals surface area contributed by atoms with Crippen molar-refractivity contribution in [1.29, 1.82) is 0 Å². The zero-order chi connectivity index (χ0) is 28.3. The van der Waals surface area contributed by atoms with Crippen molar-refractivity contribution in [2.45, 2.75) is 47.0 Å². The average Bonchev–Trinajstić information content (AvgIpc) is 2.83. The van der Waals surface area contributed by atoms with E-state index >= 15 is 4.39 Å². The molecular weight excluding hydrogens is 572 g/mol. The lowest BCUT2D eigenvalue weighted by molar-refractivity contribution is -0.137. The lowest BCUT2D eigenvalue weighted by Gasteiger charge is -2.50. The number of ether oxygens (including phenoxy) is 1. The Labute approximate surface area is 212 Å². The first-order chi connectivity index (χ1) is 17.4. The molecular formula is C23H20F8O5S2. The van der Waals surface area contributed by atoms with Gasteiger partial charge in [0.05, 0.1) is 28.4 Å². The van der Waals surface area contributed by atoms with E-state index in [4.69, 9.17) is 4.74 Å². The molecule has 0 amide bonds. The molecule has 0 aromatic heterocycles. The molecule has 3 atom stereocenters. The topological polar surface area (TPSA) is 77.5 Å². The molecule has 1 aliphatic carbocycles. The number of halogens is 8. The summed E-state index contributed by atoms with van der Waals surface area (Å²) in [6.45, 7) is -0.593. The van der Waals surface area contributed by atoms with E-state index < -0.39 is 100 Å². The van der Waals surface area contributed by atoms with Crippen molar-refractivity contribution >= 4 is 19.7 Å². The minimum Gasteiger partial charge on any atom is -0.490 e. The van der Waals surface area contributed by atoms with Crippen LogP contribution >= 0.6 is 0 Å². The molecule has 5 nitrogen and oxygen atoms in total. The van der Waals surface area contributed by atoms with Crippen LogP contribution in [0.15, 0.2) is 41.3 Å². The van der Waals surface area contributed by atoms with E-state index in [1.807, 2.05) is 0 Å². The normalized spacial score (nSPS) is 24.3. The van der Waals surface area contributed by atoms with E-state index in [0.717, 1.165) is 0 Å². The van der Waals surface area contributed by atoms with Gasteiger partial charge in [0.2, 0.25) is 9.84 Å². The Bertz CT molecular complexity index is 1430. The third-order valence-corrected chi connectivity index (χ3v) is 11.3. The number of hydrogen-bond donors (Lipinski definition) is 0. The van der Waals surface area contributed by atoms with Gasteiger partial charge < -0.3 is 4.74 Å². The highest BCUT2D eigenvalue weighted by Crippen LogP contribution is 2.58. The molecule has 1 aliphatic heterocycles. The van der Waals surface area contributed by atoms with Crippen molar-refractivity contribution in [3.63, 3.8) is 0 Å². The molecule has 0 bridgehead atoms. The maximum absolute atomic E-state index is 15.3. The second kappa shape index (κ2) is 9.35. The lowest BCUT2D eigenvalue weighted by atomic mass is 9.66. The van der Waals surface area contributed by atoms with E-state index in [1.165, 1.54) is 0 Å². The highest BCUT2D eigenvalue weighted by atomic mass is 32.2. The van der Waals surface area contributed by atoms with Crippen molar-refractivity contribution in [3.8, 4) is 5.75 Å². The van der Waals surface area contributed by atoms with Crippen LogP contribution < -0.4 is 4.74 Å². The summed E-state index contributed by atoms with van der Waals surface area (Å²) in [6.07, 6.45) is -5.74. The van der Waals surface area contributed by atoms with E-state index in [-0.39, 0.29) is 19.3 Å². The second-order valence-electron chi connectivity index (χ2n) is 9.27. The zero-order valence-corrected chi connectivity index (χ0v) is 20.9. The SMILES string of the molecule is O=S(=O)(CC[C@@H]1CCC[C@@]2(S(=O)(=O)c3ccc(C(F)(F)F)cc3)c3c(F)ccc(F)c3OC[C@@H]12)C(F)(F)F. The maximum atomic E-state index is 15.3. The number of benzene rings is 2. The van der Waals surface area contributed by atoms with Gasteiger partial charge in [0.15, 0.2) is 21.4 Å². The fraction of sp³-hybridized carbons (Fsp3) is 0.478. The van der Waals surface area contributed by atoms with Gasteiger partial charge in [-0.25, -0.2) is 25.6 Å². The third-order valence-electron chi connectivity index (χ3n) is 7.26. The van der Waals surface area contributed by atoms with Gasteiger partial charge in [0.25, 0.3) is 0 Å². The smallest absolute Gasteiger partial charge is 0.490 e. The molecule has 2 aliphatic rings. The highest BCUT2D eigenvalue weighted by molar-refractivity contribution is 7.92. The summed E-state index contributed by atoms with van der Waals surface area (Å²) >= 11 is 0. The van der Waals surface area contributed by atoms with Crippen molar-refractivity contribution in [1.82, 2.24) is 0 Å². The number of fused-ring (bicyclic) bond motifs is 3. The Kier molecular flexibility index (Phi) is 7.03. The van der Waals surface area contributed by atoms with Crippen molar-refractivity contribution in [3.05, 3.63) is 59.2 Å². The Morgan fingerprint density at radius 3 is 2.08 bits per heavy atom. The third kappa shape index (κ3) is 4.54. The van der Waals surface area contributed by atoms with Gasteiger partial charge in [-0.2, -0.15) is 26.3 Å². The first-order valence-corrected chi connectivity index (χ1v) is 14.4. The van der Waals surface area contributed by atoms with Crippen molar-refractivity contribution < 1.29 is 56.7 Å². The van der Waals surface area contributed by atoms with Crippen LogP contribution in [0.3, 0.4) is 0 Å². The molecule has 0 unspecified atom stereocenters. The molecule has 2 aromatic rings. The van der Waals surface area contributed by atoms with Gasteiger partial charge in [0.1, 0.15) is 10.6 Å². The number of sulfone groups is 2. The summed E-state index contributed by atoms with van der Waals surface area (Å²) < 4.78 is 163. The first-order valence-electron chi connectivity index (χ1n) is 11.3. The molecule has 15 heteroatoms. The Hall–Kier alpha value is -2.42. The molecule has 1 fully saturated rings. The monoisotopic (exact) mass is 592 g/mol. The fourth-order valence-electron chi connectivity index (χ4n) is 5.49.